The molecule has 13 heteroatoms. The number of carbonyl (C=O) groups is 3. The maximum atomic E-state index is 12.2. The van der Waals surface area contributed by atoms with E-state index < -0.39 is 52.8 Å². The van der Waals surface area contributed by atoms with E-state index in [0.717, 1.165) is 0 Å². The predicted molar refractivity (Wildman–Crippen MR) is 130 cm³/mol. The van der Waals surface area contributed by atoms with Crippen molar-refractivity contribution in [3.05, 3.63) is 0 Å². The second-order valence-electron chi connectivity index (χ2n) is 11.3. The minimum atomic E-state index is -1.57. The lowest BCUT2D eigenvalue weighted by Gasteiger charge is -2.32. The number of guanidine groups is 1. The molecule has 198 valence electrons. The number of nitrogens with two attached hydrogens (primary N) is 1. The van der Waals surface area contributed by atoms with Crippen LogP contribution in [0.15, 0.2) is 0 Å². The van der Waals surface area contributed by atoms with Crippen molar-refractivity contribution in [2.75, 3.05) is 19.6 Å². The molecular formula is C22H40BN5O7. The lowest BCUT2D eigenvalue weighted by molar-refractivity contribution is -0.144. The van der Waals surface area contributed by atoms with Gasteiger partial charge >= 0.3 is 19.2 Å². The lowest BCUT2D eigenvalue weighted by Crippen LogP contribution is -2.55. The van der Waals surface area contributed by atoms with Gasteiger partial charge in [-0.25, -0.2) is 4.79 Å². The van der Waals surface area contributed by atoms with Gasteiger partial charge in [0.1, 0.15) is 17.7 Å². The summed E-state index contributed by atoms with van der Waals surface area (Å²) in [6.45, 7) is 12.7. The molecule has 0 aromatic rings. The Kier molecular flexibility index (Phi) is 8.50. The summed E-state index contributed by atoms with van der Waals surface area (Å²) in [7, 11) is -0.385. The number of carboxylic acids is 1. The van der Waals surface area contributed by atoms with E-state index in [0.29, 0.717) is 19.2 Å². The Morgan fingerprint density at radius 1 is 1.20 bits per heavy atom. The molecule has 2 rings (SSSR count). The summed E-state index contributed by atoms with van der Waals surface area (Å²) < 4.78 is 17.1. The van der Waals surface area contributed by atoms with Gasteiger partial charge in [0.15, 0.2) is 5.96 Å². The summed E-state index contributed by atoms with van der Waals surface area (Å²) in [4.78, 5) is 37.3. The smallest absolute Gasteiger partial charge is 0.457 e. The van der Waals surface area contributed by atoms with Crippen LogP contribution >= 0.6 is 0 Å². The molecule has 0 saturated carbocycles. The zero-order chi connectivity index (χ0) is 26.8. The quantitative estimate of drug-likeness (QED) is 0.196. The molecule has 0 aromatic carbocycles. The summed E-state index contributed by atoms with van der Waals surface area (Å²) in [5, 5.41) is 22.7. The van der Waals surface area contributed by atoms with Crippen LogP contribution in [0, 0.1) is 11.3 Å². The van der Waals surface area contributed by atoms with Gasteiger partial charge in [-0.3, -0.25) is 20.3 Å². The third-order valence-electron chi connectivity index (χ3n) is 6.68. The highest BCUT2D eigenvalue weighted by Crippen LogP contribution is 2.39. The van der Waals surface area contributed by atoms with Crippen molar-refractivity contribution in [1.82, 2.24) is 15.5 Å². The highest BCUT2D eigenvalue weighted by atomic mass is 16.7. The van der Waals surface area contributed by atoms with E-state index >= 15 is 0 Å². The third kappa shape index (κ3) is 7.31. The van der Waals surface area contributed by atoms with Crippen LogP contribution in [-0.2, 0) is 23.6 Å². The second kappa shape index (κ2) is 10.3. The van der Waals surface area contributed by atoms with Crippen molar-refractivity contribution < 1.29 is 33.5 Å². The van der Waals surface area contributed by atoms with Crippen molar-refractivity contribution in [3.63, 3.8) is 0 Å². The number of likely N-dealkylation sites (tertiary alicyclic amines) is 1. The summed E-state index contributed by atoms with van der Waals surface area (Å²) >= 11 is 0. The molecule has 2 atom stereocenters. The monoisotopic (exact) mass is 497 g/mol. The molecule has 0 spiro atoms. The molecule has 6 N–H and O–H groups in total. The number of aliphatic carboxylic acids is 1. The highest BCUT2D eigenvalue weighted by molar-refractivity contribution is 6.45. The minimum Gasteiger partial charge on any atom is -0.480 e. The van der Waals surface area contributed by atoms with Crippen LogP contribution in [0.3, 0.4) is 0 Å². The molecule has 2 heterocycles. The van der Waals surface area contributed by atoms with Gasteiger partial charge in [-0.15, -0.1) is 0 Å². The maximum Gasteiger partial charge on any atom is 0.457 e. The molecule has 2 amide bonds. The number of alkyl carbamates (subject to hydrolysis) is 1. The van der Waals surface area contributed by atoms with E-state index in [1.54, 1.807) is 20.8 Å². The van der Waals surface area contributed by atoms with Gasteiger partial charge in [0, 0.05) is 19.0 Å². The van der Waals surface area contributed by atoms with Crippen molar-refractivity contribution in [2.24, 2.45) is 11.7 Å². The summed E-state index contributed by atoms with van der Waals surface area (Å²) in [6.07, 6.45) is 0.949. The Balaban J connectivity index is 1.88. The Bertz CT molecular complexity index is 829. The third-order valence-corrected chi connectivity index (χ3v) is 6.68. The minimum absolute atomic E-state index is 0.123. The Morgan fingerprint density at radius 2 is 1.77 bits per heavy atom. The first-order valence-corrected chi connectivity index (χ1v) is 11.8. The number of rotatable bonds is 7. The van der Waals surface area contributed by atoms with Gasteiger partial charge in [0.25, 0.3) is 0 Å². The average molecular weight is 497 g/mol. The van der Waals surface area contributed by atoms with Gasteiger partial charge in [-0.2, -0.15) is 0 Å². The molecule has 0 aliphatic carbocycles. The van der Waals surface area contributed by atoms with Gasteiger partial charge in [-0.1, -0.05) is 6.42 Å². The first-order chi connectivity index (χ1) is 15.9. The topological polar surface area (TPSA) is 176 Å². The molecule has 2 aliphatic rings. The number of carboxylic acid groups (broad SMARTS) is 1. The molecule has 0 unspecified atom stereocenters. The largest absolute Gasteiger partial charge is 0.480 e. The van der Waals surface area contributed by atoms with E-state index in [4.69, 9.17) is 25.2 Å². The fraction of sp³-hybridized carbons (Fsp3) is 0.818. The number of hydrogen-bond acceptors (Lipinski definition) is 8. The number of ether oxygens (including phenoxy) is 1. The van der Waals surface area contributed by atoms with Crippen molar-refractivity contribution in [1.29, 1.82) is 5.41 Å². The zero-order valence-electron chi connectivity index (χ0n) is 21.8. The standard InChI is InChI=1S/C22H40BN5O7/c1-19(2,3)33-18(32)26-11-15(29)27-17(24)28-12-14(22(25,13-28)16(30)31)9-8-10-23-34-20(4,5)21(6,7)35-23/h14H,8-13,25H2,1-7H3,(H,26,32)(H,30,31)(H2,24,27,29)/t14-,22-/m1/s1. The fourth-order valence-corrected chi connectivity index (χ4v) is 4.04. The highest BCUT2D eigenvalue weighted by Gasteiger charge is 2.52. The van der Waals surface area contributed by atoms with E-state index in [1.165, 1.54) is 4.90 Å². The number of nitrogens with one attached hydrogen (secondary N) is 3. The molecule has 0 aromatic heterocycles. The van der Waals surface area contributed by atoms with E-state index in [2.05, 4.69) is 10.6 Å². The molecule has 0 bridgehead atoms. The molecule has 2 aliphatic heterocycles. The first kappa shape index (κ1) is 28.9. The van der Waals surface area contributed by atoms with Crippen molar-refractivity contribution in [3.8, 4) is 0 Å². The van der Waals surface area contributed by atoms with Crippen LogP contribution in [0.1, 0.15) is 61.3 Å². The molecule has 12 nitrogen and oxygen atoms in total. The predicted octanol–water partition coefficient (Wildman–Crippen LogP) is 1.15. The molecule has 2 saturated heterocycles. The molecular weight excluding hydrogens is 457 g/mol. The Morgan fingerprint density at radius 3 is 2.29 bits per heavy atom. The molecule has 0 radical (unpaired) electrons. The van der Waals surface area contributed by atoms with Gasteiger partial charge in [0.2, 0.25) is 5.91 Å². The van der Waals surface area contributed by atoms with Gasteiger partial charge in [0.05, 0.1) is 11.2 Å². The van der Waals surface area contributed by atoms with Crippen LogP contribution in [0.2, 0.25) is 6.32 Å². The SMILES string of the molecule is CC(C)(C)OC(=O)NCC(=O)NC(=N)N1C[C@@H](CCCB2OC(C)(C)C(C)(C)O2)[C@@](N)(C(=O)O)C1. The van der Waals surface area contributed by atoms with Crippen molar-refractivity contribution >= 4 is 31.0 Å². The van der Waals surface area contributed by atoms with E-state index in [9.17, 15) is 19.5 Å². The Hall–Kier alpha value is -2.38. The van der Waals surface area contributed by atoms with Gasteiger partial charge in [-0.05, 0) is 61.2 Å². The fourth-order valence-electron chi connectivity index (χ4n) is 4.04. The van der Waals surface area contributed by atoms with Crippen LogP contribution < -0.4 is 16.4 Å². The first-order valence-electron chi connectivity index (χ1n) is 11.8. The van der Waals surface area contributed by atoms with Crippen LogP contribution in [0.25, 0.3) is 0 Å². The van der Waals surface area contributed by atoms with Crippen LogP contribution in [-0.4, -0.2) is 83.0 Å². The number of carbonyl (C=O) groups excluding carboxylic acids is 2. The normalized spacial score (nSPS) is 25.3. The second-order valence-corrected chi connectivity index (χ2v) is 11.3. The maximum absolute atomic E-state index is 12.2. The summed E-state index contributed by atoms with van der Waals surface area (Å²) in [6, 6.07) is 0. The summed E-state index contributed by atoms with van der Waals surface area (Å²) in [5.41, 5.74) is 3.10. The summed E-state index contributed by atoms with van der Waals surface area (Å²) in [5.74, 6) is -2.51. The van der Waals surface area contributed by atoms with Crippen molar-refractivity contribution in [2.45, 2.75) is 90.0 Å². The van der Waals surface area contributed by atoms with E-state index in [-0.39, 0.29) is 26.2 Å². The molecule has 35 heavy (non-hydrogen) atoms. The van der Waals surface area contributed by atoms with Crippen LogP contribution in [0.5, 0.6) is 0 Å². The number of nitrogens with zero attached hydrogens (tertiary/aromatic N) is 1. The Labute approximate surface area is 207 Å². The zero-order valence-corrected chi connectivity index (χ0v) is 21.8. The molecule has 2 fully saturated rings. The van der Waals surface area contributed by atoms with E-state index in [1.807, 2.05) is 27.7 Å². The number of amides is 2. The van der Waals surface area contributed by atoms with Gasteiger partial charge < -0.3 is 35.1 Å². The average Bonchev–Trinajstić information content (AvgIpc) is 3.12. The van der Waals surface area contributed by atoms with Crippen LogP contribution in [0.4, 0.5) is 4.79 Å². The lowest BCUT2D eigenvalue weighted by atomic mass is 9.78. The number of hydrogen-bond donors (Lipinski definition) is 5.